The molecule has 0 amide bonds. The highest BCUT2D eigenvalue weighted by atomic mass is 127. The van der Waals surface area contributed by atoms with Crippen LogP contribution in [0.3, 0.4) is 0 Å². The highest BCUT2D eigenvalue weighted by Crippen LogP contribution is 2.17. The highest BCUT2D eigenvalue weighted by Gasteiger charge is 2.16. The second kappa shape index (κ2) is 14.9. The number of aliphatic imine (C=N–C) groups is 1. The predicted molar refractivity (Wildman–Crippen MR) is 130 cm³/mol. The Morgan fingerprint density at radius 3 is 2.61 bits per heavy atom. The van der Waals surface area contributed by atoms with Crippen LogP contribution < -0.4 is 15.5 Å². The number of anilines is 1. The van der Waals surface area contributed by atoms with Crippen LogP contribution in [0.4, 0.5) is 5.69 Å². The molecule has 1 aliphatic heterocycles. The molecule has 7 heteroatoms. The van der Waals surface area contributed by atoms with Crippen molar-refractivity contribution in [3.8, 4) is 0 Å². The van der Waals surface area contributed by atoms with Gasteiger partial charge < -0.3 is 20.3 Å². The molecular weight excluding hydrogens is 465 g/mol. The van der Waals surface area contributed by atoms with Gasteiger partial charge in [-0.25, -0.2) is 0 Å². The first-order valence-corrected chi connectivity index (χ1v) is 10.3. The molecule has 1 aliphatic rings. The molecule has 0 radical (unpaired) electrons. The number of nitrogens with zero attached hydrogens (tertiary/aromatic N) is 3. The van der Waals surface area contributed by atoms with Crippen molar-refractivity contribution < 1.29 is 4.74 Å². The van der Waals surface area contributed by atoms with Crippen LogP contribution in [0.2, 0.25) is 0 Å². The Hall–Kier alpha value is -1.06. The lowest BCUT2D eigenvalue weighted by molar-refractivity contribution is 0.203. The van der Waals surface area contributed by atoms with Crippen LogP contribution >= 0.6 is 24.0 Å². The lowest BCUT2D eigenvalue weighted by atomic mass is 10.2. The van der Waals surface area contributed by atoms with Gasteiger partial charge in [0.15, 0.2) is 5.96 Å². The number of piperazine rings is 1. The summed E-state index contributed by atoms with van der Waals surface area (Å²) in [6.07, 6.45) is 2.32. The zero-order valence-electron chi connectivity index (χ0n) is 17.7. The Labute approximate surface area is 188 Å². The van der Waals surface area contributed by atoms with Gasteiger partial charge >= 0.3 is 0 Å². The third kappa shape index (κ3) is 9.43. The maximum atomic E-state index is 5.07. The van der Waals surface area contributed by atoms with Crippen LogP contribution in [0.5, 0.6) is 0 Å². The molecule has 0 bridgehead atoms. The van der Waals surface area contributed by atoms with Gasteiger partial charge in [-0.1, -0.05) is 12.1 Å². The molecule has 0 atom stereocenters. The summed E-state index contributed by atoms with van der Waals surface area (Å²) in [6.45, 7) is 13.2. The summed E-state index contributed by atoms with van der Waals surface area (Å²) in [7, 11) is 1.71. The summed E-state index contributed by atoms with van der Waals surface area (Å²) in [5.74, 6) is 0.890. The van der Waals surface area contributed by atoms with E-state index in [-0.39, 0.29) is 24.0 Å². The fourth-order valence-electron chi connectivity index (χ4n) is 3.31. The number of ether oxygens (including phenoxy) is 1. The quantitative estimate of drug-likeness (QED) is 0.223. The number of nitrogens with one attached hydrogen (secondary N) is 2. The fourth-order valence-corrected chi connectivity index (χ4v) is 3.31. The maximum absolute atomic E-state index is 5.07. The van der Waals surface area contributed by atoms with Crippen LogP contribution in [-0.2, 0) is 4.74 Å². The van der Waals surface area contributed by atoms with E-state index in [0.717, 1.165) is 58.2 Å². The number of aryl methyl sites for hydroxylation is 1. The van der Waals surface area contributed by atoms with E-state index in [0.29, 0.717) is 6.61 Å². The van der Waals surface area contributed by atoms with Gasteiger partial charge in [0.05, 0.1) is 6.61 Å². The smallest absolute Gasteiger partial charge is 0.191 e. The van der Waals surface area contributed by atoms with Crippen LogP contribution in [0.1, 0.15) is 25.3 Å². The van der Waals surface area contributed by atoms with Crippen molar-refractivity contribution in [3.63, 3.8) is 0 Å². The van der Waals surface area contributed by atoms with Crippen molar-refractivity contribution in [2.24, 2.45) is 4.99 Å². The number of hydrogen-bond acceptors (Lipinski definition) is 4. The van der Waals surface area contributed by atoms with Crippen LogP contribution in [0.25, 0.3) is 0 Å². The Kier molecular flexibility index (Phi) is 13.3. The Bertz CT molecular complexity index is 561. The molecule has 1 heterocycles. The summed E-state index contributed by atoms with van der Waals surface area (Å²) in [6, 6.07) is 8.83. The molecule has 0 aromatic heterocycles. The molecular formula is C21H38IN5O. The fraction of sp³-hybridized carbons (Fsp3) is 0.667. The molecule has 1 saturated heterocycles. The van der Waals surface area contributed by atoms with E-state index in [1.54, 1.807) is 7.11 Å². The molecule has 0 unspecified atom stereocenters. The standard InChI is InChI=1S/C21H37N5O.HI/c1-4-22-21(24-11-17-27-3)23-10-5-6-12-25-13-15-26(16-14-25)20-9-7-8-19(2)18-20;/h7-9,18H,4-6,10-17H2,1-3H3,(H2,22,23,24);1H. The van der Waals surface area contributed by atoms with Gasteiger partial charge in [0.25, 0.3) is 0 Å². The molecule has 0 saturated carbocycles. The molecule has 1 aromatic carbocycles. The van der Waals surface area contributed by atoms with Crippen LogP contribution in [0, 0.1) is 6.92 Å². The summed E-state index contributed by atoms with van der Waals surface area (Å²) in [5, 5.41) is 6.56. The van der Waals surface area contributed by atoms with E-state index in [4.69, 9.17) is 4.74 Å². The zero-order chi connectivity index (χ0) is 19.3. The van der Waals surface area contributed by atoms with E-state index in [2.05, 4.69) is 63.5 Å². The number of unbranched alkanes of at least 4 members (excludes halogenated alkanes) is 1. The second-order valence-electron chi connectivity index (χ2n) is 7.06. The van der Waals surface area contributed by atoms with Crippen molar-refractivity contribution >= 4 is 35.6 Å². The molecule has 1 fully saturated rings. The first-order valence-electron chi connectivity index (χ1n) is 10.3. The first kappa shape index (κ1) is 25.0. The molecule has 0 spiro atoms. The summed E-state index contributed by atoms with van der Waals surface area (Å²) in [5.41, 5.74) is 2.70. The van der Waals surface area contributed by atoms with Crippen molar-refractivity contribution in [1.29, 1.82) is 0 Å². The largest absolute Gasteiger partial charge is 0.383 e. The highest BCUT2D eigenvalue weighted by molar-refractivity contribution is 14.0. The van der Waals surface area contributed by atoms with Crippen LogP contribution in [0.15, 0.2) is 29.3 Å². The number of methoxy groups -OCH3 is 1. The molecule has 160 valence electrons. The topological polar surface area (TPSA) is 52.1 Å². The first-order chi connectivity index (χ1) is 13.2. The van der Waals surface area contributed by atoms with Crippen molar-refractivity contribution in [2.45, 2.75) is 26.7 Å². The van der Waals surface area contributed by atoms with E-state index < -0.39 is 0 Å². The molecule has 28 heavy (non-hydrogen) atoms. The Morgan fingerprint density at radius 1 is 1.14 bits per heavy atom. The summed E-state index contributed by atoms with van der Waals surface area (Å²) < 4.78 is 5.07. The number of rotatable bonds is 10. The number of benzene rings is 1. The SMILES string of the molecule is CCNC(=NCCCCN1CCN(c2cccc(C)c2)CC1)NCCOC.I. The summed E-state index contributed by atoms with van der Waals surface area (Å²) >= 11 is 0. The maximum Gasteiger partial charge on any atom is 0.191 e. The van der Waals surface area contributed by atoms with Crippen molar-refractivity contribution in [1.82, 2.24) is 15.5 Å². The molecule has 2 N–H and O–H groups in total. The number of halogens is 1. The van der Waals surface area contributed by atoms with Gasteiger partial charge in [-0.15, -0.1) is 24.0 Å². The zero-order valence-corrected chi connectivity index (χ0v) is 20.1. The van der Waals surface area contributed by atoms with Gasteiger partial charge in [-0.3, -0.25) is 9.89 Å². The molecule has 0 aliphatic carbocycles. The normalized spacial score (nSPS) is 15.2. The minimum atomic E-state index is 0. The number of guanidine groups is 1. The summed E-state index contributed by atoms with van der Waals surface area (Å²) in [4.78, 5) is 9.72. The average Bonchev–Trinajstić information content (AvgIpc) is 2.68. The minimum Gasteiger partial charge on any atom is -0.383 e. The van der Waals surface area contributed by atoms with Crippen LogP contribution in [-0.4, -0.2) is 76.9 Å². The molecule has 6 nitrogen and oxygen atoms in total. The van der Waals surface area contributed by atoms with Gasteiger partial charge in [0.1, 0.15) is 0 Å². The van der Waals surface area contributed by atoms with Crippen molar-refractivity contribution in [2.75, 3.05) is 71.0 Å². The lowest BCUT2D eigenvalue weighted by Gasteiger charge is -2.36. The second-order valence-corrected chi connectivity index (χ2v) is 7.06. The van der Waals surface area contributed by atoms with E-state index in [1.807, 2.05) is 0 Å². The van der Waals surface area contributed by atoms with E-state index >= 15 is 0 Å². The monoisotopic (exact) mass is 503 g/mol. The van der Waals surface area contributed by atoms with E-state index in [1.165, 1.54) is 24.2 Å². The number of hydrogen-bond donors (Lipinski definition) is 2. The van der Waals surface area contributed by atoms with Gasteiger partial charge in [0.2, 0.25) is 0 Å². The average molecular weight is 503 g/mol. The Balaban J connectivity index is 0.00000392. The molecule has 1 aromatic rings. The van der Waals surface area contributed by atoms with Gasteiger partial charge in [-0.05, 0) is 50.9 Å². The Morgan fingerprint density at radius 2 is 1.93 bits per heavy atom. The minimum absolute atomic E-state index is 0. The third-order valence-electron chi connectivity index (χ3n) is 4.83. The molecule has 2 rings (SSSR count). The van der Waals surface area contributed by atoms with Crippen molar-refractivity contribution in [3.05, 3.63) is 29.8 Å². The third-order valence-corrected chi connectivity index (χ3v) is 4.83. The predicted octanol–water partition coefficient (Wildman–Crippen LogP) is 2.72. The lowest BCUT2D eigenvalue weighted by Crippen LogP contribution is -2.46. The van der Waals surface area contributed by atoms with Gasteiger partial charge in [0, 0.05) is 58.6 Å². The van der Waals surface area contributed by atoms with Gasteiger partial charge in [-0.2, -0.15) is 0 Å². The van der Waals surface area contributed by atoms with E-state index in [9.17, 15) is 0 Å².